The van der Waals surface area contributed by atoms with Crippen molar-refractivity contribution in [1.82, 2.24) is 10.2 Å². The Morgan fingerprint density at radius 2 is 2.00 bits per heavy atom. The molecule has 2 nitrogen and oxygen atoms in total. The Balaban J connectivity index is 1.83. The maximum absolute atomic E-state index is 3.58. The van der Waals surface area contributed by atoms with E-state index in [0.717, 1.165) is 17.9 Å². The van der Waals surface area contributed by atoms with E-state index in [2.05, 4.69) is 64.3 Å². The van der Waals surface area contributed by atoms with Crippen LogP contribution in [-0.2, 0) is 0 Å². The van der Waals surface area contributed by atoms with Gasteiger partial charge in [0, 0.05) is 23.1 Å². The van der Waals surface area contributed by atoms with Gasteiger partial charge in [-0.25, -0.2) is 0 Å². The number of halogens is 1. The Hall–Kier alpha value is -0.380. The van der Waals surface area contributed by atoms with Crippen molar-refractivity contribution in [2.75, 3.05) is 19.6 Å². The van der Waals surface area contributed by atoms with Crippen LogP contribution in [0.1, 0.15) is 38.3 Å². The van der Waals surface area contributed by atoms with Gasteiger partial charge in [0.05, 0.1) is 0 Å². The predicted octanol–water partition coefficient (Wildman–Crippen LogP) is 3.83. The molecule has 2 saturated heterocycles. The van der Waals surface area contributed by atoms with Gasteiger partial charge in [-0.15, -0.1) is 0 Å². The molecule has 3 heteroatoms. The van der Waals surface area contributed by atoms with Crippen molar-refractivity contribution >= 4 is 15.9 Å². The molecule has 1 aromatic rings. The first-order chi connectivity index (χ1) is 9.74. The fraction of sp³-hybridized carbons (Fsp3) is 0.647. The predicted molar refractivity (Wildman–Crippen MR) is 87.8 cm³/mol. The van der Waals surface area contributed by atoms with E-state index in [1.165, 1.54) is 42.5 Å². The largest absolute Gasteiger partial charge is 0.316 e. The molecule has 0 amide bonds. The van der Waals surface area contributed by atoms with Gasteiger partial charge < -0.3 is 5.32 Å². The summed E-state index contributed by atoms with van der Waals surface area (Å²) in [7, 11) is 0. The minimum Gasteiger partial charge on any atom is -0.316 e. The van der Waals surface area contributed by atoms with Crippen LogP contribution in [0, 0.1) is 11.8 Å². The van der Waals surface area contributed by atoms with Crippen molar-refractivity contribution in [3.8, 4) is 0 Å². The highest BCUT2D eigenvalue weighted by Gasteiger charge is 2.45. The second-order valence-corrected chi connectivity index (χ2v) is 7.15. The Morgan fingerprint density at radius 1 is 1.25 bits per heavy atom. The van der Waals surface area contributed by atoms with Crippen molar-refractivity contribution in [3.63, 3.8) is 0 Å². The van der Waals surface area contributed by atoms with Gasteiger partial charge in [0.1, 0.15) is 0 Å². The molecule has 1 aromatic carbocycles. The Morgan fingerprint density at radius 3 is 2.65 bits per heavy atom. The Bertz CT molecular complexity index is 445. The minimum absolute atomic E-state index is 0.582. The van der Waals surface area contributed by atoms with E-state index in [-0.39, 0.29) is 0 Å². The van der Waals surface area contributed by atoms with E-state index < -0.39 is 0 Å². The van der Waals surface area contributed by atoms with Crippen LogP contribution in [0.15, 0.2) is 28.7 Å². The molecule has 20 heavy (non-hydrogen) atoms. The van der Waals surface area contributed by atoms with Gasteiger partial charge in [-0.3, -0.25) is 4.90 Å². The van der Waals surface area contributed by atoms with Crippen molar-refractivity contribution in [2.45, 2.75) is 38.8 Å². The van der Waals surface area contributed by atoms with E-state index >= 15 is 0 Å². The molecule has 2 aliphatic rings. The van der Waals surface area contributed by atoms with Gasteiger partial charge in [-0.05, 0) is 55.5 Å². The summed E-state index contributed by atoms with van der Waals surface area (Å²) in [5, 5.41) is 3.58. The summed E-state index contributed by atoms with van der Waals surface area (Å²) in [4.78, 5) is 2.79. The van der Waals surface area contributed by atoms with Crippen molar-refractivity contribution < 1.29 is 0 Å². The highest BCUT2D eigenvalue weighted by Crippen LogP contribution is 2.40. The van der Waals surface area contributed by atoms with Gasteiger partial charge in [-0.1, -0.05) is 41.9 Å². The minimum atomic E-state index is 0.582. The normalized spacial score (nSPS) is 31.4. The molecule has 2 heterocycles. The Labute approximate surface area is 131 Å². The molecule has 4 unspecified atom stereocenters. The molecule has 3 rings (SSSR count). The fourth-order valence-corrected chi connectivity index (χ4v) is 4.56. The van der Waals surface area contributed by atoms with Crippen LogP contribution < -0.4 is 5.32 Å². The third-order valence-corrected chi connectivity index (χ3v) is 5.75. The number of nitrogens with zero attached hydrogens (tertiary/aromatic N) is 1. The smallest absolute Gasteiger partial charge is 0.0348 e. The maximum Gasteiger partial charge on any atom is 0.0348 e. The van der Waals surface area contributed by atoms with Crippen LogP contribution in [0.2, 0.25) is 0 Å². The highest BCUT2D eigenvalue weighted by molar-refractivity contribution is 9.10. The molecule has 0 aliphatic carbocycles. The summed E-state index contributed by atoms with van der Waals surface area (Å²) in [5.41, 5.74) is 1.47. The van der Waals surface area contributed by atoms with Crippen LogP contribution in [0.25, 0.3) is 0 Å². The second-order valence-electron chi connectivity index (χ2n) is 6.23. The standard InChI is InChI=1S/C17H25BrN2/c1-3-16(12-5-7-14(18)8-6-12)20-11-13-9-19-10-15(13)17(20)4-2/h5-8,13,15-17,19H,3-4,9-11H2,1-2H3. The lowest BCUT2D eigenvalue weighted by atomic mass is 9.92. The van der Waals surface area contributed by atoms with E-state index in [1.807, 2.05) is 0 Å². The lowest BCUT2D eigenvalue weighted by Gasteiger charge is -2.34. The lowest BCUT2D eigenvalue weighted by molar-refractivity contribution is 0.150. The van der Waals surface area contributed by atoms with Crippen LogP contribution in [0.5, 0.6) is 0 Å². The van der Waals surface area contributed by atoms with Crippen molar-refractivity contribution in [1.29, 1.82) is 0 Å². The van der Waals surface area contributed by atoms with Crippen LogP contribution in [-0.4, -0.2) is 30.6 Å². The number of fused-ring (bicyclic) bond motifs is 1. The van der Waals surface area contributed by atoms with Crippen molar-refractivity contribution in [2.24, 2.45) is 11.8 Å². The number of nitrogens with one attached hydrogen (secondary N) is 1. The summed E-state index contributed by atoms with van der Waals surface area (Å²) < 4.78 is 1.17. The van der Waals surface area contributed by atoms with Gasteiger partial charge in [-0.2, -0.15) is 0 Å². The zero-order valence-electron chi connectivity index (χ0n) is 12.5. The summed E-state index contributed by atoms with van der Waals surface area (Å²) >= 11 is 3.54. The van der Waals surface area contributed by atoms with Gasteiger partial charge in [0.15, 0.2) is 0 Å². The molecular weight excluding hydrogens is 312 g/mol. The second kappa shape index (κ2) is 6.17. The van der Waals surface area contributed by atoms with E-state index in [1.54, 1.807) is 0 Å². The SMILES string of the molecule is CCC(c1ccc(Br)cc1)N1CC2CNCC2C1CC. The fourth-order valence-electron chi connectivity index (χ4n) is 4.30. The average molecular weight is 337 g/mol. The monoisotopic (exact) mass is 336 g/mol. The van der Waals surface area contributed by atoms with Gasteiger partial charge >= 0.3 is 0 Å². The van der Waals surface area contributed by atoms with E-state index in [9.17, 15) is 0 Å². The number of rotatable bonds is 4. The van der Waals surface area contributed by atoms with E-state index in [4.69, 9.17) is 0 Å². The molecule has 2 fully saturated rings. The van der Waals surface area contributed by atoms with E-state index in [0.29, 0.717) is 6.04 Å². The number of likely N-dealkylation sites (tertiary alicyclic amines) is 1. The van der Waals surface area contributed by atoms with Crippen LogP contribution in [0.3, 0.4) is 0 Å². The first-order valence-electron chi connectivity index (χ1n) is 7.96. The molecule has 0 bridgehead atoms. The molecule has 2 aliphatic heterocycles. The first kappa shape index (κ1) is 14.6. The summed E-state index contributed by atoms with van der Waals surface area (Å²) in [6.07, 6.45) is 2.47. The molecule has 0 spiro atoms. The first-order valence-corrected chi connectivity index (χ1v) is 8.75. The molecular formula is C17H25BrN2. The number of benzene rings is 1. The third-order valence-electron chi connectivity index (χ3n) is 5.22. The quantitative estimate of drug-likeness (QED) is 0.898. The van der Waals surface area contributed by atoms with Crippen LogP contribution >= 0.6 is 15.9 Å². The van der Waals surface area contributed by atoms with Crippen molar-refractivity contribution in [3.05, 3.63) is 34.3 Å². The molecule has 0 saturated carbocycles. The maximum atomic E-state index is 3.58. The Kier molecular flexibility index (Phi) is 4.49. The highest BCUT2D eigenvalue weighted by atomic mass is 79.9. The molecule has 4 atom stereocenters. The topological polar surface area (TPSA) is 15.3 Å². The van der Waals surface area contributed by atoms with Gasteiger partial charge in [0.25, 0.3) is 0 Å². The summed E-state index contributed by atoms with van der Waals surface area (Å²) in [5.74, 6) is 1.73. The average Bonchev–Trinajstić information content (AvgIpc) is 3.02. The zero-order chi connectivity index (χ0) is 14.1. The lowest BCUT2D eigenvalue weighted by Crippen LogP contribution is -2.37. The number of hydrogen-bond acceptors (Lipinski definition) is 2. The summed E-state index contributed by atoms with van der Waals surface area (Å²) in [6, 6.07) is 10.3. The molecule has 0 radical (unpaired) electrons. The zero-order valence-corrected chi connectivity index (χ0v) is 14.1. The summed E-state index contributed by atoms with van der Waals surface area (Å²) in [6.45, 7) is 8.38. The van der Waals surface area contributed by atoms with Gasteiger partial charge in [0.2, 0.25) is 0 Å². The van der Waals surface area contributed by atoms with Crippen LogP contribution in [0.4, 0.5) is 0 Å². The number of hydrogen-bond donors (Lipinski definition) is 1. The molecule has 110 valence electrons. The molecule has 1 N–H and O–H groups in total. The third kappa shape index (κ3) is 2.56. The molecule has 0 aromatic heterocycles.